The molecule has 1 aromatic carbocycles. The Balaban J connectivity index is 1.54. The Morgan fingerprint density at radius 2 is 1.87 bits per heavy atom. The standard InChI is InChI=1S/C27H33N7O5/c1-5-10-33-25-22(26(36)34(11-6-2)27(33)37)29-24(30-25)19-14-21(32(3)31-19)39-23(17-13-20(35)28-15-17)16-8-7-9-18(12-16)38-4/h7-9,12,14,17,23H,5-6,10-11,13,15H2,1-4H3,(H,28,35)(H,29,30). The van der Waals surface area contributed by atoms with Crippen LogP contribution in [-0.4, -0.2) is 48.4 Å². The largest absolute Gasteiger partial charge is 0.497 e. The van der Waals surface area contributed by atoms with Crippen LogP contribution in [0.15, 0.2) is 39.9 Å². The number of aromatic amines is 1. The third-order valence-electron chi connectivity index (χ3n) is 6.94. The van der Waals surface area contributed by atoms with Crippen LogP contribution in [0.4, 0.5) is 0 Å². The maximum atomic E-state index is 13.1. The van der Waals surface area contributed by atoms with Gasteiger partial charge >= 0.3 is 5.69 Å². The number of hydrogen-bond acceptors (Lipinski definition) is 7. The molecule has 1 aliphatic heterocycles. The third kappa shape index (κ3) is 4.93. The van der Waals surface area contributed by atoms with Crippen molar-refractivity contribution in [1.29, 1.82) is 0 Å². The number of imidazole rings is 1. The average molecular weight is 536 g/mol. The predicted molar refractivity (Wildman–Crippen MR) is 145 cm³/mol. The van der Waals surface area contributed by atoms with Gasteiger partial charge in [-0.15, -0.1) is 0 Å². The van der Waals surface area contributed by atoms with E-state index in [2.05, 4.69) is 20.4 Å². The van der Waals surface area contributed by atoms with Gasteiger partial charge < -0.3 is 19.8 Å². The molecule has 1 saturated heterocycles. The van der Waals surface area contributed by atoms with Gasteiger partial charge in [0.1, 0.15) is 23.1 Å². The highest BCUT2D eigenvalue weighted by Gasteiger charge is 2.33. The number of fused-ring (bicyclic) bond motifs is 1. The lowest BCUT2D eigenvalue weighted by molar-refractivity contribution is -0.119. The second-order valence-corrected chi connectivity index (χ2v) is 9.75. The van der Waals surface area contributed by atoms with Crippen LogP contribution >= 0.6 is 0 Å². The van der Waals surface area contributed by atoms with E-state index in [9.17, 15) is 14.4 Å². The van der Waals surface area contributed by atoms with Crippen LogP contribution < -0.4 is 26.0 Å². The van der Waals surface area contributed by atoms with Crippen LogP contribution in [0, 0.1) is 5.92 Å². The molecule has 1 fully saturated rings. The van der Waals surface area contributed by atoms with Crippen molar-refractivity contribution in [3.05, 3.63) is 56.7 Å². The van der Waals surface area contributed by atoms with Gasteiger partial charge in [0.2, 0.25) is 11.8 Å². The maximum absolute atomic E-state index is 13.1. The van der Waals surface area contributed by atoms with Gasteiger partial charge in [-0.3, -0.25) is 18.7 Å². The molecular formula is C27H33N7O5. The fourth-order valence-corrected chi connectivity index (χ4v) is 5.04. The summed E-state index contributed by atoms with van der Waals surface area (Å²) >= 11 is 0. The van der Waals surface area contributed by atoms with E-state index in [1.807, 2.05) is 38.1 Å². The van der Waals surface area contributed by atoms with Crippen molar-refractivity contribution < 1.29 is 14.3 Å². The van der Waals surface area contributed by atoms with Crippen molar-refractivity contribution in [3.8, 4) is 23.1 Å². The van der Waals surface area contributed by atoms with Crippen LogP contribution in [-0.2, 0) is 24.9 Å². The van der Waals surface area contributed by atoms with Crippen LogP contribution in [0.1, 0.15) is 44.8 Å². The Morgan fingerprint density at radius 3 is 2.56 bits per heavy atom. The van der Waals surface area contributed by atoms with Gasteiger partial charge in [-0.1, -0.05) is 26.0 Å². The molecule has 0 radical (unpaired) electrons. The first-order chi connectivity index (χ1) is 18.8. The van der Waals surface area contributed by atoms with Crippen molar-refractivity contribution in [1.82, 2.24) is 34.2 Å². The highest BCUT2D eigenvalue weighted by atomic mass is 16.5. The van der Waals surface area contributed by atoms with E-state index in [1.165, 1.54) is 9.13 Å². The highest BCUT2D eigenvalue weighted by Crippen LogP contribution is 2.35. The van der Waals surface area contributed by atoms with E-state index in [-0.39, 0.29) is 23.0 Å². The van der Waals surface area contributed by atoms with Gasteiger partial charge in [0.15, 0.2) is 11.5 Å². The normalized spacial score (nSPS) is 16.0. The fraction of sp³-hybridized carbons (Fsp3) is 0.444. The molecule has 4 heterocycles. The molecule has 39 heavy (non-hydrogen) atoms. The van der Waals surface area contributed by atoms with Gasteiger partial charge in [0.05, 0.1) is 7.11 Å². The number of aryl methyl sites for hydroxylation is 2. The molecule has 0 saturated carbocycles. The molecule has 3 aromatic heterocycles. The second-order valence-electron chi connectivity index (χ2n) is 9.75. The molecule has 12 heteroatoms. The topological polar surface area (TPSA) is 138 Å². The fourth-order valence-electron chi connectivity index (χ4n) is 5.04. The molecule has 0 aliphatic carbocycles. The molecule has 2 atom stereocenters. The number of nitrogens with zero attached hydrogens (tertiary/aromatic N) is 5. The number of amides is 1. The first-order valence-electron chi connectivity index (χ1n) is 13.2. The van der Waals surface area contributed by atoms with E-state index >= 15 is 0 Å². The number of methoxy groups -OCH3 is 1. The molecule has 0 bridgehead atoms. The summed E-state index contributed by atoms with van der Waals surface area (Å²) < 4.78 is 16.3. The molecule has 5 rings (SSSR count). The molecule has 4 aromatic rings. The van der Waals surface area contributed by atoms with E-state index in [4.69, 9.17) is 9.47 Å². The minimum absolute atomic E-state index is 0.0173. The number of carbonyl (C=O) groups excluding carboxylic acids is 1. The molecule has 12 nitrogen and oxygen atoms in total. The molecule has 2 N–H and O–H groups in total. The maximum Gasteiger partial charge on any atom is 0.332 e. The molecular weight excluding hydrogens is 502 g/mol. The Bertz CT molecular complexity index is 1630. The monoisotopic (exact) mass is 535 g/mol. The molecule has 206 valence electrons. The van der Waals surface area contributed by atoms with Gasteiger partial charge in [-0.2, -0.15) is 5.10 Å². The van der Waals surface area contributed by atoms with Crippen molar-refractivity contribution in [2.75, 3.05) is 13.7 Å². The number of H-pyrrole nitrogens is 1. The first-order valence-corrected chi connectivity index (χ1v) is 13.2. The van der Waals surface area contributed by atoms with E-state index in [1.54, 1.807) is 24.9 Å². The van der Waals surface area contributed by atoms with Crippen molar-refractivity contribution in [3.63, 3.8) is 0 Å². The summed E-state index contributed by atoms with van der Waals surface area (Å²) in [5, 5.41) is 7.47. The smallest absolute Gasteiger partial charge is 0.332 e. The Labute approximate surface area is 224 Å². The Kier molecular flexibility index (Phi) is 7.27. The minimum atomic E-state index is -0.436. The highest BCUT2D eigenvalue weighted by molar-refractivity contribution is 5.78. The van der Waals surface area contributed by atoms with Gasteiger partial charge in [-0.05, 0) is 30.5 Å². The van der Waals surface area contributed by atoms with Gasteiger partial charge in [0, 0.05) is 45.1 Å². The molecule has 0 spiro atoms. The summed E-state index contributed by atoms with van der Waals surface area (Å²) in [7, 11) is 3.36. The lowest BCUT2D eigenvalue weighted by Gasteiger charge is -2.24. The van der Waals surface area contributed by atoms with E-state index < -0.39 is 11.7 Å². The molecule has 1 amide bonds. The summed E-state index contributed by atoms with van der Waals surface area (Å²) in [5.74, 6) is 1.41. The summed E-state index contributed by atoms with van der Waals surface area (Å²) in [5.41, 5.74) is 1.16. The number of aromatic nitrogens is 6. The van der Waals surface area contributed by atoms with Crippen LogP contribution in [0.3, 0.4) is 0 Å². The van der Waals surface area contributed by atoms with Gasteiger partial charge in [-0.25, -0.2) is 14.5 Å². The lowest BCUT2D eigenvalue weighted by atomic mass is 9.94. The SMILES string of the molecule is CCCn1c(=O)c2[nH]c(-c3cc(OC(c4cccc(OC)c4)C4CNC(=O)C4)n(C)n3)nc2n(CCC)c1=O. The number of carbonyl (C=O) groups is 1. The summed E-state index contributed by atoms with van der Waals surface area (Å²) in [6.07, 6.45) is 1.28. The lowest BCUT2D eigenvalue weighted by Crippen LogP contribution is -2.40. The minimum Gasteiger partial charge on any atom is -0.497 e. The Hall–Kier alpha value is -4.35. The van der Waals surface area contributed by atoms with Crippen molar-refractivity contribution in [2.45, 2.75) is 52.3 Å². The van der Waals surface area contributed by atoms with Gasteiger partial charge in [0.25, 0.3) is 5.56 Å². The van der Waals surface area contributed by atoms with Crippen LogP contribution in [0.2, 0.25) is 0 Å². The zero-order valence-electron chi connectivity index (χ0n) is 22.6. The number of ether oxygens (including phenoxy) is 2. The third-order valence-corrected chi connectivity index (χ3v) is 6.94. The van der Waals surface area contributed by atoms with Crippen LogP contribution in [0.25, 0.3) is 22.7 Å². The average Bonchev–Trinajstić information content (AvgIpc) is 3.66. The van der Waals surface area contributed by atoms with E-state index in [0.29, 0.717) is 67.7 Å². The zero-order chi connectivity index (χ0) is 27.7. The summed E-state index contributed by atoms with van der Waals surface area (Å²) in [6.45, 7) is 5.15. The van der Waals surface area contributed by atoms with Crippen LogP contribution in [0.5, 0.6) is 11.6 Å². The number of hydrogen-bond donors (Lipinski definition) is 2. The van der Waals surface area contributed by atoms with E-state index in [0.717, 1.165) is 5.56 Å². The second kappa shape index (κ2) is 10.8. The molecule has 1 aliphatic rings. The Morgan fingerprint density at radius 1 is 1.10 bits per heavy atom. The predicted octanol–water partition coefficient (Wildman–Crippen LogP) is 2.37. The number of rotatable bonds is 10. The first kappa shape index (κ1) is 26.3. The van der Waals surface area contributed by atoms with Crippen molar-refractivity contribution >= 4 is 17.1 Å². The quantitative estimate of drug-likeness (QED) is 0.318. The number of benzene rings is 1. The number of nitrogens with one attached hydrogen (secondary N) is 2. The van der Waals surface area contributed by atoms with Crippen molar-refractivity contribution in [2.24, 2.45) is 13.0 Å². The molecule has 2 unspecified atom stereocenters. The zero-order valence-corrected chi connectivity index (χ0v) is 22.6. The summed E-state index contributed by atoms with van der Waals surface area (Å²) in [4.78, 5) is 45.9. The summed E-state index contributed by atoms with van der Waals surface area (Å²) in [6, 6.07) is 9.33.